The Morgan fingerprint density at radius 3 is 2.53 bits per heavy atom. The molecule has 0 fully saturated rings. The van der Waals surface area contributed by atoms with Crippen molar-refractivity contribution < 1.29 is 0 Å². The fourth-order valence-corrected chi connectivity index (χ4v) is 2.17. The number of rotatable bonds is 1. The molecule has 0 bridgehead atoms. The molecule has 0 saturated carbocycles. The fraction of sp³-hybridized carbons (Fsp3) is 0.133. The summed E-state index contributed by atoms with van der Waals surface area (Å²) in [6.07, 6.45) is 19.0. The van der Waals surface area contributed by atoms with E-state index in [-0.39, 0.29) is 0 Å². The summed E-state index contributed by atoms with van der Waals surface area (Å²) in [5.74, 6) is 0.356. The molecule has 0 saturated heterocycles. The molecule has 0 radical (unpaired) electrons. The van der Waals surface area contributed by atoms with Gasteiger partial charge in [-0.2, -0.15) is 5.10 Å². The van der Waals surface area contributed by atoms with Crippen LogP contribution in [0.25, 0.3) is 5.70 Å². The number of aromatic nitrogens is 2. The molecule has 2 aliphatic rings. The lowest BCUT2D eigenvalue weighted by atomic mass is 9.93. The van der Waals surface area contributed by atoms with E-state index in [1.165, 1.54) is 5.57 Å². The predicted octanol–water partition coefficient (Wildman–Crippen LogP) is 3.27. The molecular formula is C15H14N2. The molecule has 1 heterocycles. The van der Waals surface area contributed by atoms with Crippen LogP contribution < -0.4 is 0 Å². The van der Waals surface area contributed by atoms with Crippen LogP contribution >= 0.6 is 0 Å². The number of hydrogen-bond donors (Lipinski definition) is 0. The smallest absolute Gasteiger partial charge is 0.0686 e. The van der Waals surface area contributed by atoms with E-state index in [4.69, 9.17) is 0 Å². The van der Waals surface area contributed by atoms with Gasteiger partial charge in [-0.3, -0.25) is 0 Å². The zero-order chi connectivity index (χ0) is 11.7. The molecule has 2 nitrogen and oxygen atoms in total. The first-order valence-corrected chi connectivity index (χ1v) is 5.81. The second-order valence-corrected chi connectivity index (χ2v) is 4.26. The third-order valence-corrected chi connectivity index (χ3v) is 3.01. The Bertz CT molecular complexity index is 580. The second kappa shape index (κ2) is 4.06. The highest BCUT2D eigenvalue weighted by Gasteiger charge is 2.15. The fourth-order valence-electron chi connectivity index (χ4n) is 2.17. The minimum atomic E-state index is 0.356. The zero-order valence-corrected chi connectivity index (χ0v) is 9.75. The van der Waals surface area contributed by atoms with Crippen molar-refractivity contribution in [3.63, 3.8) is 0 Å². The first-order valence-electron chi connectivity index (χ1n) is 5.81. The molecule has 1 unspecified atom stereocenters. The summed E-state index contributed by atoms with van der Waals surface area (Å²) < 4.78 is 1.95. The highest BCUT2D eigenvalue weighted by Crippen LogP contribution is 2.28. The molecule has 0 spiro atoms. The van der Waals surface area contributed by atoms with Gasteiger partial charge in [0.1, 0.15) is 0 Å². The maximum absolute atomic E-state index is 4.49. The minimum absolute atomic E-state index is 0.356. The Morgan fingerprint density at radius 1 is 1.06 bits per heavy atom. The Balaban J connectivity index is 2.15. The van der Waals surface area contributed by atoms with E-state index in [0.717, 1.165) is 11.4 Å². The average Bonchev–Trinajstić information content (AvgIpc) is 2.66. The van der Waals surface area contributed by atoms with Gasteiger partial charge in [0.15, 0.2) is 0 Å². The highest BCUT2D eigenvalue weighted by molar-refractivity contribution is 5.68. The van der Waals surface area contributed by atoms with Gasteiger partial charge in [-0.1, -0.05) is 42.5 Å². The molecule has 1 atom stereocenters. The van der Waals surface area contributed by atoms with Crippen LogP contribution in [0.2, 0.25) is 0 Å². The summed E-state index contributed by atoms with van der Waals surface area (Å²) in [6.45, 7) is 2.01. The van der Waals surface area contributed by atoms with Crippen molar-refractivity contribution in [2.75, 3.05) is 0 Å². The van der Waals surface area contributed by atoms with Gasteiger partial charge in [-0.15, -0.1) is 0 Å². The molecule has 1 aromatic heterocycles. The third-order valence-electron chi connectivity index (χ3n) is 3.01. The second-order valence-electron chi connectivity index (χ2n) is 4.26. The standard InChI is InChI=1S/C15H14N2/c1-12-10-11-17(16-12)15-9-5-3-7-13-6-2-4-8-14(13)15/h2-11,13H,1H3. The number of nitrogens with zero attached hydrogens (tertiary/aromatic N) is 2. The van der Waals surface area contributed by atoms with E-state index in [9.17, 15) is 0 Å². The lowest BCUT2D eigenvalue weighted by Crippen LogP contribution is -2.05. The van der Waals surface area contributed by atoms with Crippen molar-refractivity contribution in [2.24, 2.45) is 5.92 Å². The maximum atomic E-state index is 4.49. The average molecular weight is 222 g/mol. The van der Waals surface area contributed by atoms with Gasteiger partial charge in [0.25, 0.3) is 0 Å². The predicted molar refractivity (Wildman–Crippen MR) is 70.2 cm³/mol. The van der Waals surface area contributed by atoms with Crippen LogP contribution in [0.1, 0.15) is 5.69 Å². The normalized spacial score (nSPS) is 21.8. The van der Waals surface area contributed by atoms with Crippen molar-refractivity contribution in [3.05, 3.63) is 72.1 Å². The van der Waals surface area contributed by atoms with Gasteiger partial charge in [-0.25, -0.2) is 4.68 Å². The van der Waals surface area contributed by atoms with Crippen LogP contribution in [-0.2, 0) is 0 Å². The van der Waals surface area contributed by atoms with Crippen LogP contribution in [0.15, 0.2) is 66.4 Å². The topological polar surface area (TPSA) is 17.8 Å². The molecule has 17 heavy (non-hydrogen) atoms. The summed E-state index contributed by atoms with van der Waals surface area (Å²) >= 11 is 0. The van der Waals surface area contributed by atoms with Crippen molar-refractivity contribution in [3.8, 4) is 0 Å². The largest absolute Gasteiger partial charge is 0.240 e. The van der Waals surface area contributed by atoms with Crippen LogP contribution in [0.4, 0.5) is 0 Å². The molecule has 0 N–H and O–H groups in total. The summed E-state index contributed by atoms with van der Waals surface area (Å²) in [7, 11) is 0. The Hall–Kier alpha value is -2.09. The molecule has 3 rings (SSSR count). The van der Waals surface area contributed by atoms with E-state index in [2.05, 4.69) is 53.7 Å². The molecular weight excluding hydrogens is 208 g/mol. The summed E-state index contributed by atoms with van der Waals surface area (Å²) in [5, 5.41) is 4.49. The quantitative estimate of drug-likeness (QED) is 0.713. The van der Waals surface area contributed by atoms with Crippen molar-refractivity contribution >= 4 is 5.70 Å². The molecule has 0 aromatic carbocycles. The number of fused-ring (bicyclic) bond motifs is 1. The van der Waals surface area contributed by atoms with Crippen LogP contribution in [-0.4, -0.2) is 9.78 Å². The number of hydrogen-bond acceptors (Lipinski definition) is 1. The van der Waals surface area contributed by atoms with Gasteiger partial charge >= 0.3 is 0 Å². The van der Waals surface area contributed by atoms with E-state index >= 15 is 0 Å². The minimum Gasteiger partial charge on any atom is -0.240 e. The Kier molecular flexibility index (Phi) is 2.41. The van der Waals surface area contributed by atoms with E-state index in [1.807, 2.05) is 23.9 Å². The highest BCUT2D eigenvalue weighted by atomic mass is 15.3. The van der Waals surface area contributed by atoms with Gasteiger partial charge in [0, 0.05) is 12.1 Å². The van der Waals surface area contributed by atoms with Crippen LogP contribution in [0.5, 0.6) is 0 Å². The Labute approximate surface area is 101 Å². The summed E-state index contributed by atoms with van der Waals surface area (Å²) in [5.41, 5.74) is 3.48. The molecule has 2 aliphatic carbocycles. The molecule has 1 aromatic rings. The number of allylic oxidation sites excluding steroid dienone is 10. The molecule has 84 valence electrons. The first-order chi connectivity index (χ1) is 8.34. The lowest BCUT2D eigenvalue weighted by molar-refractivity contribution is 0.867. The molecule has 0 amide bonds. The van der Waals surface area contributed by atoms with Gasteiger partial charge in [-0.05, 0) is 24.6 Å². The van der Waals surface area contributed by atoms with Crippen molar-refractivity contribution in [2.45, 2.75) is 6.92 Å². The van der Waals surface area contributed by atoms with Crippen LogP contribution in [0.3, 0.4) is 0 Å². The van der Waals surface area contributed by atoms with Gasteiger partial charge < -0.3 is 0 Å². The molecule has 0 aliphatic heterocycles. The van der Waals surface area contributed by atoms with Crippen LogP contribution in [0, 0.1) is 12.8 Å². The monoisotopic (exact) mass is 222 g/mol. The number of aryl methyl sites for hydroxylation is 1. The van der Waals surface area contributed by atoms with Crippen molar-refractivity contribution in [1.29, 1.82) is 0 Å². The van der Waals surface area contributed by atoms with E-state index < -0.39 is 0 Å². The lowest BCUT2D eigenvalue weighted by Gasteiger charge is -2.15. The first kappa shape index (κ1) is 10.1. The SMILES string of the molecule is Cc1ccn(C2=C3C=CC=CC3C=CC=C2)n1. The summed E-state index contributed by atoms with van der Waals surface area (Å²) in [6, 6.07) is 2.02. The third kappa shape index (κ3) is 1.82. The summed E-state index contributed by atoms with van der Waals surface area (Å²) in [4.78, 5) is 0. The van der Waals surface area contributed by atoms with E-state index in [1.54, 1.807) is 0 Å². The van der Waals surface area contributed by atoms with Gasteiger partial charge in [0.2, 0.25) is 0 Å². The zero-order valence-electron chi connectivity index (χ0n) is 9.75. The Morgan fingerprint density at radius 2 is 1.82 bits per heavy atom. The van der Waals surface area contributed by atoms with Gasteiger partial charge in [0.05, 0.1) is 11.4 Å². The van der Waals surface area contributed by atoms with Crippen molar-refractivity contribution in [1.82, 2.24) is 9.78 Å². The molecule has 2 heteroatoms. The van der Waals surface area contributed by atoms with E-state index in [0.29, 0.717) is 5.92 Å². The maximum Gasteiger partial charge on any atom is 0.0686 e.